The third-order valence-electron chi connectivity index (χ3n) is 4.32. The zero-order valence-corrected chi connectivity index (χ0v) is 14.4. The number of nitrogens with one attached hydrogen (secondary N) is 2. The minimum atomic E-state index is -3.14. The topological polar surface area (TPSA) is 98.8 Å². The molecule has 9 heteroatoms. The molecule has 8 nitrogen and oxygen atoms in total. The smallest absolute Gasteiger partial charge is 0.315 e. The van der Waals surface area contributed by atoms with Crippen molar-refractivity contribution in [3.63, 3.8) is 0 Å². The van der Waals surface area contributed by atoms with Crippen molar-refractivity contribution in [3.8, 4) is 0 Å². The van der Waals surface area contributed by atoms with Gasteiger partial charge in [0.1, 0.15) is 0 Å². The van der Waals surface area contributed by atoms with Crippen molar-refractivity contribution in [2.24, 2.45) is 0 Å². The Morgan fingerprint density at radius 3 is 2.52 bits per heavy atom. The summed E-state index contributed by atoms with van der Waals surface area (Å²) in [5.74, 6) is 0.201. The van der Waals surface area contributed by atoms with Crippen LogP contribution in [0.5, 0.6) is 0 Å². The Balaban J connectivity index is 1.58. The quantitative estimate of drug-likeness (QED) is 0.646. The van der Waals surface area contributed by atoms with E-state index in [1.807, 2.05) is 4.90 Å². The molecule has 0 aromatic rings. The molecule has 0 aromatic heterocycles. The summed E-state index contributed by atoms with van der Waals surface area (Å²) in [6.45, 7) is 2.93. The standard InChI is InChI=1S/C14H26N4O4S/c1-23(21,22)18-10-5-12(6-11-18)16-14(20)15-7-3-9-17-8-2-4-13(17)19/h12H,2-11H2,1H3,(H2,15,16,20). The van der Waals surface area contributed by atoms with Gasteiger partial charge in [-0.15, -0.1) is 0 Å². The third kappa shape index (κ3) is 5.65. The van der Waals surface area contributed by atoms with Gasteiger partial charge in [-0.2, -0.15) is 0 Å². The highest BCUT2D eigenvalue weighted by atomic mass is 32.2. The fourth-order valence-corrected chi connectivity index (χ4v) is 3.85. The molecule has 0 atom stereocenters. The lowest BCUT2D eigenvalue weighted by atomic mass is 10.1. The van der Waals surface area contributed by atoms with Crippen LogP contribution in [0.2, 0.25) is 0 Å². The van der Waals surface area contributed by atoms with Gasteiger partial charge < -0.3 is 15.5 Å². The van der Waals surface area contributed by atoms with Crippen LogP contribution in [0.25, 0.3) is 0 Å². The summed E-state index contributed by atoms with van der Waals surface area (Å²) in [6, 6.07) is -0.219. The molecule has 132 valence electrons. The van der Waals surface area contributed by atoms with Crippen molar-refractivity contribution in [1.82, 2.24) is 19.8 Å². The minimum Gasteiger partial charge on any atom is -0.343 e. The van der Waals surface area contributed by atoms with Crippen LogP contribution < -0.4 is 10.6 Å². The Labute approximate surface area is 137 Å². The van der Waals surface area contributed by atoms with Crippen molar-refractivity contribution < 1.29 is 18.0 Å². The Bertz CT molecular complexity index is 529. The fourth-order valence-electron chi connectivity index (χ4n) is 2.98. The van der Waals surface area contributed by atoms with E-state index in [1.165, 1.54) is 10.6 Å². The molecule has 2 fully saturated rings. The third-order valence-corrected chi connectivity index (χ3v) is 5.62. The molecule has 0 aromatic carbocycles. The normalized spacial score (nSPS) is 20.7. The van der Waals surface area contributed by atoms with E-state index in [0.29, 0.717) is 45.4 Å². The molecule has 0 spiro atoms. The van der Waals surface area contributed by atoms with Crippen molar-refractivity contribution in [2.75, 3.05) is 39.0 Å². The van der Waals surface area contributed by atoms with Gasteiger partial charge in [0.15, 0.2) is 0 Å². The van der Waals surface area contributed by atoms with Gasteiger partial charge in [-0.05, 0) is 25.7 Å². The number of hydrogen-bond donors (Lipinski definition) is 2. The second-order valence-corrected chi connectivity index (χ2v) is 8.16. The zero-order valence-electron chi connectivity index (χ0n) is 13.6. The van der Waals surface area contributed by atoms with Gasteiger partial charge in [0.2, 0.25) is 15.9 Å². The van der Waals surface area contributed by atoms with Crippen molar-refractivity contribution in [3.05, 3.63) is 0 Å². The van der Waals surface area contributed by atoms with Crippen LogP contribution in [0.15, 0.2) is 0 Å². The summed E-state index contributed by atoms with van der Waals surface area (Å²) in [7, 11) is -3.14. The van der Waals surface area contributed by atoms with Gasteiger partial charge in [0, 0.05) is 45.2 Å². The maximum absolute atomic E-state index is 11.8. The number of piperidine rings is 1. The molecular weight excluding hydrogens is 320 g/mol. The number of likely N-dealkylation sites (tertiary alicyclic amines) is 1. The first-order valence-corrected chi connectivity index (χ1v) is 9.98. The maximum Gasteiger partial charge on any atom is 0.315 e. The van der Waals surface area contributed by atoms with Crippen LogP contribution in [0.1, 0.15) is 32.1 Å². The number of carbonyl (C=O) groups is 2. The maximum atomic E-state index is 11.8. The molecule has 0 saturated carbocycles. The van der Waals surface area contributed by atoms with Gasteiger partial charge in [0.25, 0.3) is 0 Å². The minimum absolute atomic E-state index is 0.00756. The monoisotopic (exact) mass is 346 g/mol. The van der Waals surface area contributed by atoms with E-state index >= 15 is 0 Å². The van der Waals surface area contributed by atoms with Gasteiger partial charge in [0.05, 0.1) is 6.26 Å². The van der Waals surface area contributed by atoms with Gasteiger partial charge in [-0.1, -0.05) is 0 Å². The summed E-state index contributed by atoms with van der Waals surface area (Å²) in [4.78, 5) is 25.1. The van der Waals surface area contributed by atoms with E-state index < -0.39 is 10.0 Å². The first-order chi connectivity index (χ1) is 10.9. The summed E-state index contributed by atoms with van der Waals surface area (Å²) in [5.41, 5.74) is 0. The lowest BCUT2D eigenvalue weighted by molar-refractivity contribution is -0.127. The molecule has 2 N–H and O–H groups in total. The van der Waals surface area contributed by atoms with E-state index in [9.17, 15) is 18.0 Å². The molecule has 2 saturated heterocycles. The van der Waals surface area contributed by atoms with Gasteiger partial charge in [-0.3, -0.25) is 4.79 Å². The van der Waals surface area contributed by atoms with Crippen molar-refractivity contribution in [2.45, 2.75) is 38.1 Å². The zero-order chi connectivity index (χ0) is 16.9. The molecule has 0 aliphatic carbocycles. The SMILES string of the molecule is CS(=O)(=O)N1CCC(NC(=O)NCCCN2CCCC2=O)CC1. The number of rotatable bonds is 6. The summed E-state index contributed by atoms with van der Waals surface area (Å²) < 4.78 is 24.3. The van der Waals surface area contributed by atoms with Crippen LogP contribution in [-0.2, 0) is 14.8 Å². The van der Waals surface area contributed by atoms with E-state index in [1.54, 1.807) is 0 Å². The van der Waals surface area contributed by atoms with Gasteiger partial charge >= 0.3 is 6.03 Å². The van der Waals surface area contributed by atoms with Crippen LogP contribution in [0, 0.1) is 0 Å². The van der Waals surface area contributed by atoms with Crippen molar-refractivity contribution in [1.29, 1.82) is 0 Å². The predicted molar refractivity (Wildman–Crippen MR) is 86.4 cm³/mol. The Morgan fingerprint density at radius 1 is 1.26 bits per heavy atom. The number of urea groups is 1. The van der Waals surface area contributed by atoms with Crippen LogP contribution in [-0.4, -0.2) is 74.6 Å². The van der Waals surface area contributed by atoms with E-state index in [0.717, 1.165) is 19.4 Å². The molecule has 3 amide bonds. The first-order valence-electron chi connectivity index (χ1n) is 8.13. The summed E-state index contributed by atoms with van der Waals surface area (Å²) in [6.07, 6.45) is 4.77. The molecular formula is C14H26N4O4S. The number of sulfonamides is 1. The van der Waals surface area contributed by atoms with Crippen LogP contribution in [0.3, 0.4) is 0 Å². The molecule has 2 rings (SSSR count). The molecule has 0 bridgehead atoms. The van der Waals surface area contributed by atoms with Crippen molar-refractivity contribution >= 4 is 22.0 Å². The predicted octanol–water partition coefficient (Wildman–Crippen LogP) is -0.278. The molecule has 2 heterocycles. The summed E-state index contributed by atoms with van der Waals surface area (Å²) >= 11 is 0. The van der Waals surface area contributed by atoms with E-state index in [-0.39, 0.29) is 18.0 Å². The number of amides is 3. The fraction of sp³-hybridized carbons (Fsp3) is 0.857. The first kappa shape index (κ1) is 18.0. The average molecular weight is 346 g/mol. The highest BCUT2D eigenvalue weighted by Crippen LogP contribution is 2.13. The highest BCUT2D eigenvalue weighted by Gasteiger charge is 2.25. The second kappa shape index (κ2) is 7.96. The van der Waals surface area contributed by atoms with Crippen LogP contribution >= 0.6 is 0 Å². The second-order valence-electron chi connectivity index (χ2n) is 6.17. The molecule has 2 aliphatic rings. The van der Waals surface area contributed by atoms with E-state index in [2.05, 4.69) is 10.6 Å². The molecule has 23 heavy (non-hydrogen) atoms. The van der Waals surface area contributed by atoms with Gasteiger partial charge in [-0.25, -0.2) is 17.5 Å². The highest BCUT2D eigenvalue weighted by molar-refractivity contribution is 7.88. The number of hydrogen-bond acceptors (Lipinski definition) is 4. The van der Waals surface area contributed by atoms with E-state index in [4.69, 9.17) is 0 Å². The Kier molecular flexibility index (Phi) is 6.23. The molecule has 0 unspecified atom stereocenters. The largest absolute Gasteiger partial charge is 0.343 e. The molecule has 2 aliphatic heterocycles. The number of carbonyl (C=O) groups excluding carboxylic acids is 2. The lowest BCUT2D eigenvalue weighted by Crippen LogP contribution is -2.49. The Hall–Kier alpha value is -1.35. The van der Waals surface area contributed by atoms with Crippen LogP contribution in [0.4, 0.5) is 4.79 Å². The Morgan fingerprint density at radius 2 is 1.96 bits per heavy atom. The molecule has 0 radical (unpaired) electrons. The summed E-state index contributed by atoms with van der Waals surface area (Å²) in [5, 5.41) is 5.67. The number of nitrogens with zero attached hydrogens (tertiary/aromatic N) is 2. The lowest BCUT2D eigenvalue weighted by Gasteiger charge is -2.30. The average Bonchev–Trinajstić information content (AvgIpc) is 2.89.